The van der Waals surface area contributed by atoms with Crippen molar-refractivity contribution in [2.45, 2.75) is 25.4 Å². The van der Waals surface area contributed by atoms with Crippen LogP contribution in [0.4, 0.5) is 0 Å². The van der Waals surface area contributed by atoms with E-state index in [1.165, 1.54) is 0 Å². The summed E-state index contributed by atoms with van der Waals surface area (Å²) in [6.07, 6.45) is 5.83. The lowest BCUT2D eigenvalue weighted by molar-refractivity contribution is -0.173. The van der Waals surface area contributed by atoms with Gasteiger partial charge in [0.1, 0.15) is 12.2 Å². The number of likely N-dealkylation sites (tertiary alicyclic amines) is 1. The summed E-state index contributed by atoms with van der Waals surface area (Å²) in [5.41, 5.74) is -0.524. The number of carbonyl (C=O) groups excluding carboxylic acids is 1. The van der Waals surface area contributed by atoms with Crippen molar-refractivity contribution in [1.29, 1.82) is 0 Å². The van der Waals surface area contributed by atoms with Gasteiger partial charge < -0.3 is 14.7 Å². The number of carboxylic acid groups (broad SMARTS) is 1. The molecule has 1 heterocycles. The number of carboxylic acids is 1. The Labute approximate surface area is 94.4 Å². The highest BCUT2D eigenvalue weighted by Crippen LogP contribution is 2.25. The second-order valence-electron chi connectivity index (χ2n) is 4.09. The minimum absolute atomic E-state index is 0.00523. The fourth-order valence-electron chi connectivity index (χ4n) is 1.60. The topological polar surface area (TPSA) is 66.8 Å². The summed E-state index contributed by atoms with van der Waals surface area (Å²) in [4.78, 5) is 23.4. The van der Waals surface area contributed by atoms with Gasteiger partial charge in [0.2, 0.25) is 5.91 Å². The molecule has 1 aliphatic heterocycles. The fraction of sp³-hybridized carbons (Fsp3) is 0.636. The lowest BCUT2D eigenvalue weighted by Gasteiger charge is -2.47. The molecule has 0 aromatic rings. The highest BCUT2D eigenvalue weighted by molar-refractivity contribution is 5.77. The second kappa shape index (κ2) is 4.99. The van der Waals surface area contributed by atoms with Crippen LogP contribution in [0.2, 0.25) is 0 Å². The summed E-state index contributed by atoms with van der Waals surface area (Å²) >= 11 is 0. The maximum absolute atomic E-state index is 11.5. The molecule has 1 aliphatic rings. The summed E-state index contributed by atoms with van der Waals surface area (Å²) < 4.78 is 5.18. The van der Waals surface area contributed by atoms with Crippen LogP contribution >= 0.6 is 0 Å². The maximum Gasteiger partial charge on any atom is 0.329 e. The molecule has 0 aromatic heterocycles. The molecule has 0 aromatic carbocycles. The third kappa shape index (κ3) is 3.24. The van der Waals surface area contributed by atoms with E-state index in [0.717, 1.165) is 0 Å². The van der Waals surface area contributed by atoms with Crippen LogP contribution in [-0.4, -0.2) is 47.2 Å². The molecule has 5 nitrogen and oxygen atoms in total. The molecule has 0 spiro atoms. The standard InChI is InChI=1S/C11H15NO4/c1-3-4-5-9(13)12-7-11(2,8-12)16-6-10(14)15/h1H,4-8H2,2H3,(H,14,15). The molecule has 0 aliphatic carbocycles. The third-order valence-corrected chi connectivity index (χ3v) is 2.43. The minimum atomic E-state index is -1.00. The largest absolute Gasteiger partial charge is 0.480 e. The van der Waals surface area contributed by atoms with Crippen LogP contribution in [0.5, 0.6) is 0 Å². The van der Waals surface area contributed by atoms with Gasteiger partial charge in [0.05, 0.1) is 13.1 Å². The zero-order valence-electron chi connectivity index (χ0n) is 9.23. The first-order valence-electron chi connectivity index (χ1n) is 5.04. The quantitative estimate of drug-likeness (QED) is 0.674. The predicted molar refractivity (Wildman–Crippen MR) is 56.6 cm³/mol. The molecule has 1 N–H and O–H groups in total. The van der Waals surface area contributed by atoms with E-state index in [1.807, 2.05) is 0 Å². The van der Waals surface area contributed by atoms with E-state index >= 15 is 0 Å². The summed E-state index contributed by atoms with van der Waals surface area (Å²) in [5.74, 6) is 1.40. The highest BCUT2D eigenvalue weighted by Gasteiger charge is 2.42. The van der Waals surface area contributed by atoms with Crippen LogP contribution in [-0.2, 0) is 14.3 Å². The first-order valence-corrected chi connectivity index (χ1v) is 5.04. The van der Waals surface area contributed by atoms with Crippen LogP contribution in [0.15, 0.2) is 0 Å². The summed E-state index contributed by atoms with van der Waals surface area (Å²) in [6.45, 7) is 2.33. The predicted octanol–water partition coefficient (Wildman–Crippen LogP) is 0.102. The Kier molecular flexibility index (Phi) is 3.91. The van der Waals surface area contributed by atoms with Gasteiger partial charge in [-0.2, -0.15) is 0 Å². The van der Waals surface area contributed by atoms with Crippen molar-refractivity contribution in [2.24, 2.45) is 0 Å². The van der Waals surface area contributed by atoms with Gasteiger partial charge in [-0.1, -0.05) is 0 Å². The third-order valence-electron chi connectivity index (χ3n) is 2.43. The molecule has 0 unspecified atom stereocenters. The zero-order valence-corrected chi connectivity index (χ0v) is 9.23. The van der Waals surface area contributed by atoms with Crippen LogP contribution in [0.25, 0.3) is 0 Å². The number of hydrogen-bond acceptors (Lipinski definition) is 3. The zero-order chi connectivity index (χ0) is 12.2. The van der Waals surface area contributed by atoms with Crippen LogP contribution < -0.4 is 0 Å². The Morgan fingerprint density at radius 2 is 2.19 bits per heavy atom. The SMILES string of the molecule is C#CCCC(=O)N1CC(C)(OCC(=O)O)C1. The summed E-state index contributed by atoms with van der Waals surface area (Å²) in [6, 6.07) is 0. The molecule has 0 radical (unpaired) electrons. The number of hydrogen-bond donors (Lipinski definition) is 1. The minimum Gasteiger partial charge on any atom is -0.480 e. The van der Waals surface area contributed by atoms with E-state index < -0.39 is 11.6 Å². The molecule has 1 fully saturated rings. The van der Waals surface area contributed by atoms with Crippen molar-refractivity contribution in [2.75, 3.05) is 19.7 Å². The van der Waals surface area contributed by atoms with E-state index in [4.69, 9.17) is 16.3 Å². The second-order valence-corrected chi connectivity index (χ2v) is 4.09. The van der Waals surface area contributed by atoms with Gasteiger partial charge in [0.25, 0.3) is 0 Å². The number of nitrogens with zero attached hydrogens (tertiary/aromatic N) is 1. The number of ether oxygens (including phenoxy) is 1. The molecule has 5 heteroatoms. The van der Waals surface area contributed by atoms with E-state index in [9.17, 15) is 9.59 Å². The van der Waals surface area contributed by atoms with Crippen molar-refractivity contribution in [3.8, 4) is 12.3 Å². The Bertz CT molecular complexity index is 325. The van der Waals surface area contributed by atoms with E-state index in [2.05, 4.69) is 5.92 Å². The number of rotatable bonds is 5. The molecule has 1 saturated heterocycles. The molecule has 1 amide bonds. The van der Waals surface area contributed by atoms with Gasteiger partial charge in [0, 0.05) is 12.8 Å². The first-order chi connectivity index (χ1) is 7.47. The van der Waals surface area contributed by atoms with Crippen LogP contribution in [0, 0.1) is 12.3 Å². The average molecular weight is 225 g/mol. The van der Waals surface area contributed by atoms with Gasteiger partial charge >= 0.3 is 5.97 Å². The molecule has 0 bridgehead atoms. The smallest absolute Gasteiger partial charge is 0.329 e. The molecule has 0 saturated carbocycles. The van der Waals surface area contributed by atoms with Crippen molar-refractivity contribution in [3.63, 3.8) is 0 Å². The van der Waals surface area contributed by atoms with Gasteiger partial charge in [-0.15, -0.1) is 12.3 Å². The number of terminal acetylenes is 1. The number of carbonyl (C=O) groups is 2. The Hall–Kier alpha value is -1.54. The molecule has 0 atom stereocenters. The van der Waals surface area contributed by atoms with E-state index in [-0.39, 0.29) is 12.5 Å². The molecule has 16 heavy (non-hydrogen) atoms. The summed E-state index contributed by atoms with van der Waals surface area (Å²) in [5, 5.41) is 8.46. The Morgan fingerprint density at radius 1 is 1.56 bits per heavy atom. The van der Waals surface area contributed by atoms with Crippen molar-refractivity contribution >= 4 is 11.9 Å². The van der Waals surface area contributed by atoms with E-state index in [0.29, 0.717) is 25.9 Å². The maximum atomic E-state index is 11.5. The van der Waals surface area contributed by atoms with Crippen molar-refractivity contribution in [3.05, 3.63) is 0 Å². The lowest BCUT2D eigenvalue weighted by Crippen LogP contribution is -2.63. The van der Waals surface area contributed by atoms with E-state index in [1.54, 1.807) is 11.8 Å². The monoisotopic (exact) mass is 225 g/mol. The number of aliphatic carboxylic acids is 1. The molecular weight excluding hydrogens is 210 g/mol. The van der Waals surface area contributed by atoms with Gasteiger partial charge in [0.15, 0.2) is 0 Å². The van der Waals surface area contributed by atoms with Crippen LogP contribution in [0.1, 0.15) is 19.8 Å². The first kappa shape index (κ1) is 12.5. The van der Waals surface area contributed by atoms with Gasteiger partial charge in [-0.25, -0.2) is 4.79 Å². The average Bonchev–Trinajstić information content (AvgIpc) is 2.19. The highest BCUT2D eigenvalue weighted by atomic mass is 16.5. The fourth-order valence-corrected chi connectivity index (χ4v) is 1.60. The van der Waals surface area contributed by atoms with Crippen LogP contribution in [0.3, 0.4) is 0 Å². The Balaban J connectivity index is 2.28. The molecular formula is C11H15NO4. The molecule has 88 valence electrons. The number of amides is 1. The molecule has 1 rings (SSSR count). The van der Waals surface area contributed by atoms with Gasteiger partial charge in [-0.05, 0) is 6.92 Å². The summed E-state index contributed by atoms with van der Waals surface area (Å²) in [7, 11) is 0. The Morgan fingerprint density at radius 3 is 2.69 bits per heavy atom. The van der Waals surface area contributed by atoms with Crippen molar-refractivity contribution in [1.82, 2.24) is 4.90 Å². The van der Waals surface area contributed by atoms with Crippen molar-refractivity contribution < 1.29 is 19.4 Å². The lowest BCUT2D eigenvalue weighted by atomic mass is 9.96. The van der Waals surface area contributed by atoms with Gasteiger partial charge in [-0.3, -0.25) is 4.79 Å². The normalized spacial score (nSPS) is 17.4.